The molecular weight excluding hydrogens is 404 g/mol. The largest absolute Gasteiger partial charge is 0.350 e. The highest BCUT2D eigenvalue weighted by Gasteiger charge is 2.21. The van der Waals surface area contributed by atoms with Gasteiger partial charge in [-0.15, -0.1) is 0 Å². The monoisotopic (exact) mass is 430 g/mol. The minimum absolute atomic E-state index is 0.0971. The Morgan fingerprint density at radius 1 is 0.833 bits per heavy atom. The predicted molar refractivity (Wildman–Crippen MR) is 119 cm³/mol. The third kappa shape index (κ3) is 7.75. The molecule has 0 aliphatic rings. The Hall–Kier alpha value is -3.06. The van der Waals surface area contributed by atoms with Crippen LogP contribution in [0.4, 0.5) is 10.5 Å². The first-order valence-corrected chi connectivity index (χ1v) is 9.99. The summed E-state index contributed by atoms with van der Waals surface area (Å²) in [5.41, 5.74) is 1.54. The molecule has 2 aromatic carbocycles. The van der Waals surface area contributed by atoms with Crippen molar-refractivity contribution in [3.05, 3.63) is 64.7 Å². The van der Waals surface area contributed by atoms with Crippen molar-refractivity contribution in [2.24, 2.45) is 5.41 Å². The fraction of sp³-hybridized carbons (Fsp3) is 0.318. The van der Waals surface area contributed by atoms with Crippen LogP contribution in [-0.4, -0.2) is 30.9 Å². The lowest BCUT2D eigenvalue weighted by atomic mass is 9.95. The van der Waals surface area contributed by atoms with E-state index in [1.54, 1.807) is 36.4 Å². The van der Waals surface area contributed by atoms with Gasteiger partial charge in [-0.3, -0.25) is 9.59 Å². The van der Waals surface area contributed by atoms with Gasteiger partial charge in [-0.05, 0) is 42.0 Å². The molecule has 7 nitrogen and oxygen atoms in total. The Morgan fingerprint density at radius 2 is 1.43 bits per heavy atom. The lowest BCUT2D eigenvalue weighted by Crippen LogP contribution is -2.40. The van der Waals surface area contributed by atoms with E-state index in [1.807, 2.05) is 32.9 Å². The van der Waals surface area contributed by atoms with Crippen molar-refractivity contribution in [1.82, 2.24) is 16.0 Å². The maximum absolute atomic E-state index is 12.2. The SMILES string of the molecule is CC(C)(C)C(=O)Nc1ccc(C(=O)NCCNC(=O)NCc2ccc(Cl)cc2)cc1. The Morgan fingerprint density at radius 3 is 2.03 bits per heavy atom. The van der Waals surface area contributed by atoms with Gasteiger partial charge in [0.2, 0.25) is 5.91 Å². The molecule has 4 N–H and O–H groups in total. The summed E-state index contributed by atoms with van der Waals surface area (Å²) >= 11 is 5.82. The molecule has 2 aromatic rings. The molecule has 0 fully saturated rings. The van der Waals surface area contributed by atoms with Crippen LogP contribution in [0.1, 0.15) is 36.7 Å². The molecular formula is C22H27ClN4O3. The highest BCUT2D eigenvalue weighted by atomic mass is 35.5. The number of anilines is 1. The number of rotatable bonds is 7. The average Bonchev–Trinajstić information content (AvgIpc) is 2.70. The summed E-state index contributed by atoms with van der Waals surface area (Å²) in [6.45, 7) is 6.45. The number of hydrogen-bond acceptors (Lipinski definition) is 3. The van der Waals surface area contributed by atoms with Crippen LogP contribution in [0, 0.1) is 5.41 Å². The lowest BCUT2D eigenvalue weighted by Gasteiger charge is -2.17. The standard InChI is InChI=1S/C22H27ClN4O3/c1-22(2,3)20(29)27-18-10-6-16(7-11-18)19(28)24-12-13-25-21(30)26-14-15-4-8-17(23)9-5-15/h4-11H,12-14H2,1-3H3,(H,24,28)(H,27,29)(H2,25,26,30). The van der Waals surface area contributed by atoms with Crippen molar-refractivity contribution in [2.75, 3.05) is 18.4 Å². The zero-order valence-electron chi connectivity index (χ0n) is 17.3. The molecule has 30 heavy (non-hydrogen) atoms. The van der Waals surface area contributed by atoms with Crippen LogP contribution >= 0.6 is 11.6 Å². The van der Waals surface area contributed by atoms with Crippen LogP contribution < -0.4 is 21.3 Å². The van der Waals surface area contributed by atoms with Crippen molar-refractivity contribution >= 4 is 35.1 Å². The highest BCUT2D eigenvalue weighted by molar-refractivity contribution is 6.30. The molecule has 4 amide bonds. The minimum Gasteiger partial charge on any atom is -0.350 e. The van der Waals surface area contributed by atoms with Gasteiger partial charge < -0.3 is 21.3 Å². The van der Waals surface area contributed by atoms with Gasteiger partial charge in [-0.2, -0.15) is 0 Å². The summed E-state index contributed by atoms with van der Waals surface area (Å²) < 4.78 is 0. The van der Waals surface area contributed by atoms with Gasteiger partial charge in [0.25, 0.3) is 5.91 Å². The van der Waals surface area contributed by atoms with Crippen molar-refractivity contribution in [1.29, 1.82) is 0 Å². The van der Waals surface area contributed by atoms with Crippen molar-refractivity contribution < 1.29 is 14.4 Å². The molecule has 0 heterocycles. The van der Waals surface area contributed by atoms with E-state index in [1.165, 1.54) is 0 Å². The number of nitrogens with one attached hydrogen (secondary N) is 4. The Bertz CT molecular complexity index is 875. The Balaban J connectivity index is 1.68. The summed E-state index contributed by atoms with van der Waals surface area (Å²) in [7, 11) is 0. The molecule has 2 rings (SSSR count). The molecule has 0 spiro atoms. The number of hydrogen-bond donors (Lipinski definition) is 4. The Kier molecular flexibility index (Phi) is 8.24. The zero-order valence-corrected chi connectivity index (χ0v) is 18.1. The molecule has 0 unspecified atom stereocenters. The molecule has 0 aliphatic heterocycles. The maximum atomic E-state index is 12.2. The number of benzene rings is 2. The van der Waals surface area contributed by atoms with Crippen LogP contribution in [0.15, 0.2) is 48.5 Å². The van der Waals surface area contributed by atoms with E-state index >= 15 is 0 Å². The third-order valence-electron chi connectivity index (χ3n) is 4.15. The van der Waals surface area contributed by atoms with Gasteiger partial charge >= 0.3 is 6.03 Å². The average molecular weight is 431 g/mol. The molecule has 160 valence electrons. The van der Waals surface area contributed by atoms with E-state index in [4.69, 9.17) is 11.6 Å². The number of carbonyl (C=O) groups is 3. The van der Waals surface area contributed by atoms with Gasteiger partial charge in [0.15, 0.2) is 0 Å². The van der Waals surface area contributed by atoms with Gasteiger partial charge in [0, 0.05) is 41.3 Å². The van der Waals surface area contributed by atoms with Crippen LogP contribution in [-0.2, 0) is 11.3 Å². The van der Waals surface area contributed by atoms with Crippen LogP contribution in [0.3, 0.4) is 0 Å². The fourth-order valence-corrected chi connectivity index (χ4v) is 2.45. The molecule has 0 radical (unpaired) electrons. The smallest absolute Gasteiger partial charge is 0.315 e. The second-order valence-electron chi connectivity index (χ2n) is 7.77. The second kappa shape index (κ2) is 10.6. The minimum atomic E-state index is -0.496. The van der Waals surface area contributed by atoms with Crippen molar-refractivity contribution in [2.45, 2.75) is 27.3 Å². The van der Waals surface area contributed by atoms with Gasteiger partial charge in [0.05, 0.1) is 0 Å². The first-order valence-electron chi connectivity index (χ1n) is 9.61. The first-order chi connectivity index (χ1) is 14.1. The quantitative estimate of drug-likeness (QED) is 0.505. The van der Waals surface area contributed by atoms with Crippen LogP contribution in [0.5, 0.6) is 0 Å². The van der Waals surface area contributed by atoms with E-state index < -0.39 is 5.41 Å². The third-order valence-corrected chi connectivity index (χ3v) is 4.40. The van der Waals surface area contributed by atoms with Crippen molar-refractivity contribution in [3.8, 4) is 0 Å². The molecule has 0 aliphatic carbocycles. The number of amides is 4. The molecule has 0 aromatic heterocycles. The summed E-state index contributed by atoms with van der Waals surface area (Å²) in [5.74, 6) is -0.354. The summed E-state index contributed by atoms with van der Waals surface area (Å²) in [6, 6.07) is 13.5. The van der Waals surface area contributed by atoms with Gasteiger partial charge in [0.1, 0.15) is 0 Å². The summed E-state index contributed by atoms with van der Waals surface area (Å²) in [5, 5.41) is 11.6. The van der Waals surface area contributed by atoms with Crippen molar-refractivity contribution in [3.63, 3.8) is 0 Å². The zero-order chi connectivity index (χ0) is 22.1. The Labute approximate surface area is 181 Å². The molecule has 0 bridgehead atoms. The van der Waals surface area contributed by atoms with E-state index in [9.17, 15) is 14.4 Å². The number of urea groups is 1. The number of carbonyl (C=O) groups excluding carboxylic acids is 3. The normalized spacial score (nSPS) is 10.8. The molecule has 0 saturated carbocycles. The van der Waals surface area contributed by atoms with Crippen LogP contribution in [0.2, 0.25) is 5.02 Å². The number of halogens is 1. The second-order valence-corrected chi connectivity index (χ2v) is 8.21. The van der Waals surface area contributed by atoms with E-state index in [0.29, 0.717) is 22.8 Å². The van der Waals surface area contributed by atoms with Gasteiger partial charge in [-0.25, -0.2) is 4.79 Å². The lowest BCUT2D eigenvalue weighted by molar-refractivity contribution is -0.123. The maximum Gasteiger partial charge on any atom is 0.315 e. The highest BCUT2D eigenvalue weighted by Crippen LogP contribution is 2.17. The summed E-state index contributed by atoms with van der Waals surface area (Å²) in [4.78, 5) is 36.0. The van der Waals surface area contributed by atoms with Gasteiger partial charge in [-0.1, -0.05) is 44.5 Å². The first kappa shape index (κ1) is 23.2. The fourth-order valence-electron chi connectivity index (χ4n) is 2.32. The topological polar surface area (TPSA) is 99.3 Å². The molecule has 0 saturated heterocycles. The van der Waals surface area contributed by atoms with Crippen LogP contribution in [0.25, 0.3) is 0 Å². The summed E-state index contributed by atoms with van der Waals surface area (Å²) in [6.07, 6.45) is 0. The molecule has 0 atom stereocenters. The van der Waals surface area contributed by atoms with E-state index in [2.05, 4.69) is 21.3 Å². The van der Waals surface area contributed by atoms with E-state index in [-0.39, 0.29) is 30.9 Å². The van der Waals surface area contributed by atoms with E-state index in [0.717, 1.165) is 5.56 Å². The molecule has 8 heteroatoms. The predicted octanol–water partition coefficient (Wildman–Crippen LogP) is 3.55.